The van der Waals surface area contributed by atoms with Gasteiger partial charge in [0.2, 0.25) is 0 Å². The molecule has 1 saturated carbocycles. The molecule has 7 heteroatoms. The minimum absolute atomic E-state index is 0.242. The van der Waals surface area contributed by atoms with Gasteiger partial charge in [0.25, 0.3) is 0 Å². The highest BCUT2D eigenvalue weighted by atomic mass is 16.5. The highest BCUT2D eigenvalue weighted by Crippen LogP contribution is 2.32. The van der Waals surface area contributed by atoms with Gasteiger partial charge in [-0.1, -0.05) is 18.6 Å². The summed E-state index contributed by atoms with van der Waals surface area (Å²) in [5, 5.41) is 3.94. The lowest BCUT2D eigenvalue weighted by molar-refractivity contribution is 0.0526. The second-order valence-electron chi connectivity index (χ2n) is 7.99. The molecule has 0 atom stereocenters. The summed E-state index contributed by atoms with van der Waals surface area (Å²) in [5.74, 6) is -0.159. The molecule has 1 aliphatic rings. The molecule has 0 saturated heterocycles. The van der Waals surface area contributed by atoms with E-state index < -0.39 is 11.9 Å². The van der Waals surface area contributed by atoms with Gasteiger partial charge in [0, 0.05) is 17.3 Å². The number of para-hydroxylation sites is 1. The van der Waals surface area contributed by atoms with Gasteiger partial charge in [-0.2, -0.15) is 0 Å². The molecule has 0 aliphatic heterocycles. The summed E-state index contributed by atoms with van der Waals surface area (Å²) in [7, 11) is 1.32. The van der Waals surface area contributed by atoms with Crippen molar-refractivity contribution in [2.24, 2.45) is 0 Å². The van der Waals surface area contributed by atoms with Crippen molar-refractivity contribution in [1.29, 1.82) is 0 Å². The number of esters is 2. The SMILES string of the molecule is CCOC(=O)c1cnc2c(C(=O)OC)cccc2c1Nc1ccc(OC2CCCCC2)cc1. The number of nitrogens with zero attached hydrogens (tertiary/aromatic N) is 1. The number of carbonyl (C=O) groups is 2. The smallest absolute Gasteiger partial charge is 0.341 e. The Hall–Kier alpha value is -3.61. The van der Waals surface area contributed by atoms with E-state index in [1.807, 2.05) is 24.3 Å². The number of hydrogen-bond acceptors (Lipinski definition) is 7. The lowest BCUT2D eigenvalue weighted by atomic mass is 9.98. The predicted molar refractivity (Wildman–Crippen MR) is 126 cm³/mol. The number of hydrogen-bond donors (Lipinski definition) is 1. The molecular formula is C26H28N2O5. The molecule has 1 aliphatic carbocycles. The zero-order valence-corrected chi connectivity index (χ0v) is 18.9. The van der Waals surface area contributed by atoms with Crippen LogP contribution in [0.15, 0.2) is 48.7 Å². The number of carbonyl (C=O) groups excluding carboxylic acids is 2. The van der Waals surface area contributed by atoms with E-state index in [-0.39, 0.29) is 18.3 Å². The molecule has 2 aromatic carbocycles. The molecule has 0 amide bonds. The van der Waals surface area contributed by atoms with E-state index in [0.717, 1.165) is 24.3 Å². The van der Waals surface area contributed by atoms with Crippen LogP contribution in [-0.2, 0) is 9.47 Å². The van der Waals surface area contributed by atoms with E-state index in [1.54, 1.807) is 25.1 Å². The molecule has 33 heavy (non-hydrogen) atoms. The normalized spacial score (nSPS) is 14.0. The number of nitrogens with one attached hydrogen (secondary N) is 1. The number of benzene rings is 2. The van der Waals surface area contributed by atoms with Gasteiger partial charge in [0.05, 0.1) is 36.6 Å². The zero-order chi connectivity index (χ0) is 23.2. The third-order valence-electron chi connectivity index (χ3n) is 5.78. The molecule has 7 nitrogen and oxygen atoms in total. The van der Waals surface area contributed by atoms with Crippen LogP contribution in [0.5, 0.6) is 5.75 Å². The zero-order valence-electron chi connectivity index (χ0n) is 18.9. The first-order chi connectivity index (χ1) is 16.1. The van der Waals surface area contributed by atoms with Gasteiger partial charge in [-0.15, -0.1) is 0 Å². The van der Waals surface area contributed by atoms with Crippen LogP contribution in [0.25, 0.3) is 10.9 Å². The quantitative estimate of drug-likeness (QED) is 0.467. The molecule has 1 N–H and O–H groups in total. The number of fused-ring (bicyclic) bond motifs is 1. The fraction of sp³-hybridized carbons (Fsp3) is 0.346. The highest BCUT2D eigenvalue weighted by molar-refractivity contribution is 6.11. The Bertz CT molecular complexity index is 1140. The molecule has 0 spiro atoms. The molecule has 0 unspecified atom stereocenters. The first kappa shape index (κ1) is 22.6. The predicted octanol–water partition coefficient (Wildman–Crippen LogP) is 5.65. The van der Waals surface area contributed by atoms with Crippen molar-refractivity contribution in [3.63, 3.8) is 0 Å². The fourth-order valence-corrected chi connectivity index (χ4v) is 4.13. The minimum Gasteiger partial charge on any atom is -0.490 e. The first-order valence-electron chi connectivity index (χ1n) is 11.3. The van der Waals surface area contributed by atoms with E-state index in [2.05, 4.69) is 10.3 Å². The van der Waals surface area contributed by atoms with Crippen LogP contribution in [0.2, 0.25) is 0 Å². The molecule has 1 heterocycles. The van der Waals surface area contributed by atoms with Crippen LogP contribution in [-0.4, -0.2) is 36.7 Å². The summed E-state index contributed by atoms with van der Waals surface area (Å²) in [5.41, 5.74) is 2.34. The van der Waals surface area contributed by atoms with Gasteiger partial charge in [0.1, 0.15) is 11.3 Å². The van der Waals surface area contributed by atoms with Crippen LogP contribution in [0, 0.1) is 0 Å². The van der Waals surface area contributed by atoms with Gasteiger partial charge in [-0.3, -0.25) is 4.98 Å². The maximum absolute atomic E-state index is 12.6. The standard InChI is InChI=1S/C26H28N2O5/c1-3-32-26(30)22-16-27-23-20(10-7-11-21(23)25(29)31-2)24(22)28-17-12-14-19(15-13-17)33-18-8-5-4-6-9-18/h7,10-16,18H,3-6,8-9H2,1-2H3,(H,27,28). The third-order valence-corrected chi connectivity index (χ3v) is 5.78. The van der Waals surface area contributed by atoms with Crippen molar-refractivity contribution in [1.82, 2.24) is 4.98 Å². The van der Waals surface area contributed by atoms with Crippen LogP contribution in [0.3, 0.4) is 0 Å². The van der Waals surface area contributed by atoms with Crippen molar-refractivity contribution < 1.29 is 23.8 Å². The summed E-state index contributed by atoms with van der Waals surface area (Å²) < 4.78 is 16.2. The molecule has 3 aromatic rings. The Morgan fingerprint density at radius 1 is 1.00 bits per heavy atom. The lowest BCUT2D eigenvalue weighted by Gasteiger charge is -2.23. The fourth-order valence-electron chi connectivity index (χ4n) is 4.13. The van der Waals surface area contributed by atoms with Crippen LogP contribution < -0.4 is 10.1 Å². The van der Waals surface area contributed by atoms with Crippen molar-refractivity contribution in [2.45, 2.75) is 45.1 Å². The number of aromatic nitrogens is 1. The monoisotopic (exact) mass is 448 g/mol. The van der Waals surface area contributed by atoms with E-state index in [9.17, 15) is 9.59 Å². The highest BCUT2D eigenvalue weighted by Gasteiger charge is 2.21. The second kappa shape index (κ2) is 10.3. The maximum atomic E-state index is 12.6. The van der Waals surface area contributed by atoms with E-state index >= 15 is 0 Å². The Kier molecular flexibility index (Phi) is 7.07. The van der Waals surface area contributed by atoms with E-state index in [1.165, 1.54) is 32.6 Å². The largest absolute Gasteiger partial charge is 0.490 e. The topological polar surface area (TPSA) is 86.8 Å². The Labute approximate surface area is 193 Å². The Morgan fingerprint density at radius 2 is 1.76 bits per heavy atom. The van der Waals surface area contributed by atoms with Crippen molar-refractivity contribution >= 4 is 34.2 Å². The third kappa shape index (κ3) is 5.08. The summed E-state index contributed by atoms with van der Waals surface area (Å²) in [6.45, 7) is 1.99. The van der Waals surface area contributed by atoms with Gasteiger partial charge in [-0.05, 0) is 62.9 Å². The van der Waals surface area contributed by atoms with Gasteiger partial charge in [-0.25, -0.2) is 9.59 Å². The van der Waals surface area contributed by atoms with Gasteiger partial charge < -0.3 is 19.5 Å². The lowest BCUT2D eigenvalue weighted by Crippen LogP contribution is -2.19. The van der Waals surface area contributed by atoms with Crippen molar-refractivity contribution in [3.05, 3.63) is 59.8 Å². The molecule has 0 bridgehead atoms. The number of rotatable bonds is 7. The van der Waals surface area contributed by atoms with Gasteiger partial charge in [0.15, 0.2) is 0 Å². The molecule has 4 rings (SSSR count). The molecular weight excluding hydrogens is 420 g/mol. The van der Waals surface area contributed by atoms with E-state index in [4.69, 9.17) is 14.2 Å². The molecule has 172 valence electrons. The minimum atomic E-state index is -0.493. The number of ether oxygens (including phenoxy) is 3. The van der Waals surface area contributed by atoms with Gasteiger partial charge >= 0.3 is 11.9 Å². The van der Waals surface area contributed by atoms with Crippen LogP contribution in [0.4, 0.5) is 11.4 Å². The average molecular weight is 449 g/mol. The summed E-state index contributed by atoms with van der Waals surface area (Å²) in [6, 6.07) is 12.8. The van der Waals surface area contributed by atoms with Crippen molar-refractivity contribution in [3.8, 4) is 5.75 Å². The number of pyridine rings is 1. The summed E-state index contributed by atoms with van der Waals surface area (Å²) in [4.78, 5) is 29.2. The number of anilines is 2. The first-order valence-corrected chi connectivity index (χ1v) is 11.3. The molecule has 0 radical (unpaired) electrons. The summed E-state index contributed by atoms with van der Waals surface area (Å²) >= 11 is 0. The summed E-state index contributed by atoms with van der Waals surface area (Å²) in [6.07, 6.45) is 7.59. The van der Waals surface area contributed by atoms with E-state index in [0.29, 0.717) is 22.2 Å². The molecule has 1 fully saturated rings. The number of methoxy groups -OCH3 is 1. The van der Waals surface area contributed by atoms with Crippen LogP contribution in [0.1, 0.15) is 59.7 Å². The molecule has 1 aromatic heterocycles. The second-order valence-corrected chi connectivity index (χ2v) is 7.99. The van der Waals surface area contributed by atoms with Crippen molar-refractivity contribution in [2.75, 3.05) is 19.0 Å². The maximum Gasteiger partial charge on any atom is 0.341 e. The Morgan fingerprint density at radius 3 is 2.45 bits per heavy atom. The Balaban J connectivity index is 1.68. The average Bonchev–Trinajstić information content (AvgIpc) is 2.85. The van der Waals surface area contributed by atoms with Crippen LogP contribution >= 0.6 is 0 Å².